The number of aromatic nitrogens is 2. The number of rotatable bonds is 7. The average molecular weight is 327 g/mol. The normalized spacial score (nSPS) is 11.4. The van der Waals surface area contributed by atoms with E-state index in [4.69, 9.17) is 16.7 Å². The third-order valence-electron chi connectivity index (χ3n) is 3.60. The van der Waals surface area contributed by atoms with Crippen LogP contribution in [0.1, 0.15) is 26.7 Å². The van der Waals surface area contributed by atoms with Gasteiger partial charge in [-0.25, -0.2) is 4.98 Å². The summed E-state index contributed by atoms with van der Waals surface area (Å²) in [7, 11) is 0. The van der Waals surface area contributed by atoms with Gasteiger partial charge in [-0.05, 0) is 18.1 Å². The van der Waals surface area contributed by atoms with E-state index in [1.807, 2.05) is 18.2 Å². The van der Waals surface area contributed by atoms with Gasteiger partial charge >= 0.3 is 5.97 Å². The van der Waals surface area contributed by atoms with E-state index < -0.39 is 5.97 Å². The Labute approximate surface area is 133 Å². The lowest BCUT2D eigenvalue weighted by molar-refractivity contribution is -0.133. The molecule has 0 bridgehead atoms. The number of benzene rings is 1. The van der Waals surface area contributed by atoms with Gasteiger partial charge in [0.25, 0.3) is 0 Å². The fraction of sp³-hybridized carbons (Fsp3) is 0.467. The Morgan fingerprint density at radius 1 is 1.43 bits per heavy atom. The molecule has 1 aromatic carbocycles. The molecule has 0 radical (unpaired) electrons. The maximum Gasteiger partial charge on any atom is 0.313 e. The van der Waals surface area contributed by atoms with Gasteiger partial charge in [-0.2, -0.15) is 0 Å². The molecule has 0 aliphatic heterocycles. The Morgan fingerprint density at radius 2 is 2.14 bits per heavy atom. The highest BCUT2D eigenvalue weighted by atomic mass is 35.5. The second-order valence-corrected chi connectivity index (χ2v) is 6.33. The molecular weight excluding hydrogens is 308 g/mol. The predicted molar refractivity (Wildman–Crippen MR) is 87.2 cm³/mol. The zero-order chi connectivity index (χ0) is 15.4. The monoisotopic (exact) mass is 326 g/mol. The fourth-order valence-electron chi connectivity index (χ4n) is 2.33. The molecule has 0 saturated carbocycles. The third kappa shape index (κ3) is 3.71. The Bertz CT molecular complexity index is 638. The highest BCUT2D eigenvalue weighted by molar-refractivity contribution is 7.99. The molecule has 2 aromatic rings. The lowest BCUT2D eigenvalue weighted by atomic mass is 10.0. The van der Waals surface area contributed by atoms with E-state index >= 15 is 0 Å². The molecule has 114 valence electrons. The Balaban J connectivity index is 2.45. The minimum Gasteiger partial charge on any atom is -0.481 e. The van der Waals surface area contributed by atoms with E-state index in [9.17, 15) is 4.79 Å². The van der Waals surface area contributed by atoms with Crippen molar-refractivity contribution >= 4 is 40.4 Å². The molecule has 4 nitrogen and oxygen atoms in total. The quantitative estimate of drug-likeness (QED) is 0.771. The number of carboxylic acids is 1. The second kappa shape index (κ2) is 7.18. The van der Waals surface area contributed by atoms with Gasteiger partial charge in [0.15, 0.2) is 5.16 Å². The van der Waals surface area contributed by atoms with Crippen molar-refractivity contribution in [2.75, 3.05) is 5.75 Å². The van der Waals surface area contributed by atoms with Gasteiger partial charge in [0.2, 0.25) is 0 Å². The molecule has 0 aliphatic rings. The van der Waals surface area contributed by atoms with Crippen molar-refractivity contribution in [3.63, 3.8) is 0 Å². The molecule has 1 aromatic heterocycles. The number of thioether (sulfide) groups is 1. The summed E-state index contributed by atoms with van der Waals surface area (Å²) in [5.74, 6) is -0.306. The molecule has 0 spiro atoms. The molecule has 1 N–H and O–H groups in total. The first-order valence-electron chi connectivity index (χ1n) is 7.06. The summed E-state index contributed by atoms with van der Waals surface area (Å²) < 4.78 is 2.07. The summed E-state index contributed by atoms with van der Waals surface area (Å²) in [6, 6.07) is 5.63. The van der Waals surface area contributed by atoms with Crippen LogP contribution in [0.2, 0.25) is 5.02 Å². The van der Waals surface area contributed by atoms with Crippen molar-refractivity contribution in [1.82, 2.24) is 9.55 Å². The first-order chi connectivity index (χ1) is 10.1. The van der Waals surface area contributed by atoms with Crippen molar-refractivity contribution in [2.45, 2.75) is 38.4 Å². The topological polar surface area (TPSA) is 55.1 Å². The van der Waals surface area contributed by atoms with Crippen LogP contribution in [0.5, 0.6) is 0 Å². The summed E-state index contributed by atoms with van der Waals surface area (Å²) >= 11 is 7.57. The zero-order valence-corrected chi connectivity index (χ0v) is 13.7. The molecule has 0 aliphatic carbocycles. The van der Waals surface area contributed by atoms with Gasteiger partial charge < -0.3 is 9.67 Å². The van der Waals surface area contributed by atoms with E-state index in [-0.39, 0.29) is 5.75 Å². The molecular formula is C15H19ClN2O2S. The molecule has 0 atom stereocenters. The van der Waals surface area contributed by atoms with Crippen molar-refractivity contribution < 1.29 is 9.90 Å². The van der Waals surface area contributed by atoms with Crippen LogP contribution in [0.25, 0.3) is 11.0 Å². The standard InChI is InChI=1S/C15H19ClN2O2S/c1-3-10(4-2)8-18-14-11(16)6-5-7-12(14)17-15(18)21-9-13(19)20/h5-7,10H,3-4,8-9H2,1-2H3,(H,19,20). The Morgan fingerprint density at radius 3 is 2.76 bits per heavy atom. The summed E-state index contributed by atoms with van der Waals surface area (Å²) in [4.78, 5) is 15.4. The number of halogens is 1. The first-order valence-corrected chi connectivity index (χ1v) is 8.42. The van der Waals surface area contributed by atoms with E-state index in [2.05, 4.69) is 23.4 Å². The maximum atomic E-state index is 10.8. The van der Waals surface area contributed by atoms with E-state index in [0.29, 0.717) is 10.9 Å². The molecule has 21 heavy (non-hydrogen) atoms. The number of fused-ring (bicyclic) bond motifs is 1. The smallest absolute Gasteiger partial charge is 0.313 e. The van der Waals surface area contributed by atoms with Crippen LogP contribution in [0.15, 0.2) is 23.4 Å². The van der Waals surface area contributed by atoms with Crippen LogP contribution in [-0.4, -0.2) is 26.4 Å². The summed E-state index contributed by atoms with van der Waals surface area (Å²) in [6.07, 6.45) is 2.15. The Hall–Kier alpha value is -1.20. The van der Waals surface area contributed by atoms with Gasteiger partial charge in [0.05, 0.1) is 21.8 Å². The van der Waals surface area contributed by atoms with E-state index in [1.165, 1.54) is 11.8 Å². The zero-order valence-electron chi connectivity index (χ0n) is 12.2. The number of carbonyl (C=O) groups is 1. The van der Waals surface area contributed by atoms with Crippen LogP contribution in [0.4, 0.5) is 0 Å². The average Bonchev–Trinajstić information content (AvgIpc) is 2.81. The predicted octanol–water partition coefficient (Wildman–Crippen LogP) is 4.30. The summed E-state index contributed by atoms with van der Waals surface area (Å²) in [6.45, 7) is 5.15. The van der Waals surface area contributed by atoms with E-state index in [0.717, 1.165) is 35.6 Å². The first kappa shape index (κ1) is 16.2. The van der Waals surface area contributed by atoms with Gasteiger partial charge in [0.1, 0.15) is 0 Å². The van der Waals surface area contributed by atoms with Crippen LogP contribution < -0.4 is 0 Å². The van der Waals surface area contributed by atoms with Crippen LogP contribution in [0, 0.1) is 5.92 Å². The van der Waals surface area contributed by atoms with E-state index in [1.54, 1.807) is 0 Å². The number of nitrogens with zero attached hydrogens (tertiary/aromatic N) is 2. The van der Waals surface area contributed by atoms with Crippen molar-refractivity contribution in [3.05, 3.63) is 23.2 Å². The molecule has 0 saturated heterocycles. The molecule has 6 heteroatoms. The number of aliphatic carboxylic acids is 1. The molecule has 1 heterocycles. The van der Waals surface area contributed by atoms with Gasteiger partial charge in [-0.3, -0.25) is 4.79 Å². The lowest BCUT2D eigenvalue weighted by Gasteiger charge is -2.16. The van der Waals surface area contributed by atoms with Crippen molar-refractivity contribution in [3.8, 4) is 0 Å². The Kier molecular flexibility index (Phi) is 5.53. The van der Waals surface area contributed by atoms with Crippen LogP contribution in [0.3, 0.4) is 0 Å². The van der Waals surface area contributed by atoms with Crippen LogP contribution >= 0.6 is 23.4 Å². The molecule has 0 unspecified atom stereocenters. The minimum atomic E-state index is -0.841. The SMILES string of the molecule is CCC(CC)Cn1c(SCC(=O)O)nc2cccc(Cl)c21. The minimum absolute atomic E-state index is 0.00383. The highest BCUT2D eigenvalue weighted by Gasteiger charge is 2.17. The van der Waals surface area contributed by atoms with Gasteiger partial charge in [0, 0.05) is 6.54 Å². The van der Waals surface area contributed by atoms with Gasteiger partial charge in [-0.15, -0.1) is 0 Å². The fourth-order valence-corrected chi connectivity index (χ4v) is 3.34. The maximum absolute atomic E-state index is 10.8. The molecule has 2 rings (SSSR count). The van der Waals surface area contributed by atoms with Crippen LogP contribution in [-0.2, 0) is 11.3 Å². The largest absolute Gasteiger partial charge is 0.481 e. The highest BCUT2D eigenvalue weighted by Crippen LogP contribution is 2.30. The van der Waals surface area contributed by atoms with Gasteiger partial charge in [-0.1, -0.05) is 56.1 Å². The third-order valence-corrected chi connectivity index (χ3v) is 4.87. The summed E-state index contributed by atoms with van der Waals surface area (Å²) in [5.41, 5.74) is 1.72. The number of carboxylic acid groups (broad SMARTS) is 1. The second-order valence-electron chi connectivity index (χ2n) is 4.98. The number of hydrogen-bond donors (Lipinski definition) is 1. The molecule has 0 fully saturated rings. The summed E-state index contributed by atoms with van der Waals surface area (Å²) in [5, 5.41) is 10.3. The number of para-hydroxylation sites is 1. The number of hydrogen-bond acceptors (Lipinski definition) is 3. The van der Waals surface area contributed by atoms with Crippen molar-refractivity contribution in [2.24, 2.45) is 5.92 Å². The van der Waals surface area contributed by atoms with Crippen molar-refractivity contribution in [1.29, 1.82) is 0 Å². The molecule has 0 amide bonds. The lowest BCUT2D eigenvalue weighted by Crippen LogP contribution is -2.11. The number of imidazole rings is 1.